The number of fused-ring (bicyclic) bond motifs is 1. The lowest BCUT2D eigenvalue weighted by molar-refractivity contribution is -0.141. The predicted octanol–water partition coefficient (Wildman–Crippen LogP) is 2.85. The van der Waals surface area contributed by atoms with Crippen molar-refractivity contribution >= 4 is 39.3 Å². The van der Waals surface area contributed by atoms with E-state index in [0.717, 1.165) is 12.8 Å². The Hall–Kier alpha value is -2.17. The van der Waals surface area contributed by atoms with Crippen molar-refractivity contribution in [2.24, 2.45) is 11.8 Å². The third-order valence-corrected chi connectivity index (χ3v) is 8.36. The highest BCUT2D eigenvalue weighted by Crippen LogP contribution is 2.60. The Kier molecular flexibility index (Phi) is 8.81. The van der Waals surface area contributed by atoms with Crippen molar-refractivity contribution in [1.82, 2.24) is 10.2 Å². The maximum atomic E-state index is 13.9. The van der Waals surface area contributed by atoms with Crippen molar-refractivity contribution in [3.8, 4) is 5.75 Å². The zero-order chi connectivity index (χ0) is 26.7. The average molecular weight is 581 g/mol. The number of carbonyl (C=O) groups is 3. The molecule has 3 fully saturated rings. The molecule has 0 aromatic heterocycles. The summed E-state index contributed by atoms with van der Waals surface area (Å²) in [7, 11) is 0. The fourth-order valence-electron chi connectivity index (χ4n) is 6.11. The van der Waals surface area contributed by atoms with Gasteiger partial charge in [-0.2, -0.15) is 0 Å². The standard InChI is InChI=1S/C27H38BrN3O6/c1-4-36-18-11-9-17(10-12-18)30-24(33)20-21-26(35)31(13-7-5-6-8-14-32)23(25(34)29-16(2)3)27(21)15-19(28)22(20)37-27/h9-12,16,19-23,32H,4-8,13-15H2,1-3H3,(H,29,34)(H,30,33)/t19?,20-,21-,22-,23?,27?/m0/s1. The zero-order valence-electron chi connectivity index (χ0n) is 21.7. The number of aliphatic hydroxyl groups excluding tert-OH is 1. The van der Waals surface area contributed by atoms with Crippen molar-refractivity contribution in [3.63, 3.8) is 0 Å². The van der Waals surface area contributed by atoms with Gasteiger partial charge in [-0.05, 0) is 64.3 Å². The van der Waals surface area contributed by atoms with E-state index in [1.54, 1.807) is 29.2 Å². The number of hydrogen-bond acceptors (Lipinski definition) is 6. The molecule has 10 heteroatoms. The molecule has 0 saturated carbocycles. The summed E-state index contributed by atoms with van der Waals surface area (Å²) in [6.45, 7) is 6.78. The van der Waals surface area contributed by atoms with Crippen molar-refractivity contribution in [2.75, 3.05) is 25.1 Å². The lowest BCUT2D eigenvalue weighted by atomic mass is 9.70. The van der Waals surface area contributed by atoms with E-state index < -0.39 is 29.6 Å². The highest BCUT2D eigenvalue weighted by atomic mass is 79.9. The number of likely N-dealkylation sites (tertiary alicyclic amines) is 1. The second kappa shape index (κ2) is 11.7. The molecule has 3 amide bonds. The minimum absolute atomic E-state index is 0.0958. The molecular weight excluding hydrogens is 542 g/mol. The molecule has 0 radical (unpaired) electrons. The van der Waals surface area contributed by atoms with Gasteiger partial charge in [0.15, 0.2) is 0 Å². The summed E-state index contributed by atoms with van der Waals surface area (Å²) in [5, 5.41) is 15.0. The zero-order valence-corrected chi connectivity index (χ0v) is 23.3. The molecule has 3 heterocycles. The Morgan fingerprint density at radius 2 is 1.89 bits per heavy atom. The van der Waals surface area contributed by atoms with Crippen molar-refractivity contribution < 1.29 is 29.0 Å². The topological polar surface area (TPSA) is 117 Å². The van der Waals surface area contributed by atoms with E-state index in [1.807, 2.05) is 20.8 Å². The van der Waals surface area contributed by atoms with E-state index in [2.05, 4.69) is 26.6 Å². The summed E-state index contributed by atoms with van der Waals surface area (Å²) < 4.78 is 12.0. The largest absolute Gasteiger partial charge is 0.494 e. The number of nitrogens with zero attached hydrogens (tertiary/aromatic N) is 1. The summed E-state index contributed by atoms with van der Waals surface area (Å²) in [5.41, 5.74) is -0.447. The number of nitrogens with one attached hydrogen (secondary N) is 2. The van der Waals surface area contributed by atoms with Gasteiger partial charge in [0.25, 0.3) is 0 Å². The maximum Gasteiger partial charge on any atom is 0.246 e. The fourth-order valence-corrected chi connectivity index (χ4v) is 7.05. The van der Waals surface area contributed by atoms with E-state index in [0.29, 0.717) is 43.9 Å². The van der Waals surface area contributed by atoms with Crippen LogP contribution in [0.2, 0.25) is 0 Å². The quantitative estimate of drug-likeness (QED) is 0.259. The summed E-state index contributed by atoms with van der Waals surface area (Å²) in [6, 6.07) is 6.23. The van der Waals surface area contributed by atoms with E-state index in [-0.39, 0.29) is 35.2 Å². The van der Waals surface area contributed by atoms with Gasteiger partial charge in [0, 0.05) is 29.7 Å². The van der Waals surface area contributed by atoms with E-state index >= 15 is 0 Å². The van der Waals surface area contributed by atoms with E-state index in [1.165, 1.54) is 0 Å². The second-order valence-corrected chi connectivity index (χ2v) is 11.6. The van der Waals surface area contributed by atoms with Crippen LogP contribution in [0, 0.1) is 11.8 Å². The summed E-state index contributed by atoms with van der Waals surface area (Å²) >= 11 is 3.69. The van der Waals surface area contributed by atoms with Crippen molar-refractivity contribution in [3.05, 3.63) is 24.3 Å². The van der Waals surface area contributed by atoms with Gasteiger partial charge in [-0.1, -0.05) is 28.8 Å². The number of anilines is 1. The Morgan fingerprint density at radius 3 is 2.54 bits per heavy atom. The van der Waals surface area contributed by atoms with Crippen LogP contribution in [0.15, 0.2) is 24.3 Å². The molecule has 0 aliphatic carbocycles. The molecule has 3 aliphatic rings. The van der Waals surface area contributed by atoms with Gasteiger partial charge in [0.2, 0.25) is 17.7 Å². The number of hydrogen-bond donors (Lipinski definition) is 3. The van der Waals surface area contributed by atoms with Crippen LogP contribution in [0.4, 0.5) is 5.69 Å². The highest BCUT2D eigenvalue weighted by molar-refractivity contribution is 9.09. The monoisotopic (exact) mass is 579 g/mol. The van der Waals surface area contributed by atoms with Crippen LogP contribution >= 0.6 is 15.9 Å². The summed E-state index contributed by atoms with van der Waals surface area (Å²) in [4.78, 5) is 42.5. The third kappa shape index (κ3) is 5.38. The number of carbonyl (C=O) groups excluding carboxylic acids is 3. The van der Waals surface area contributed by atoms with E-state index in [9.17, 15) is 14.4 Å². The number of aliphatic hydroxyl groups is 1. The number of rotatable bonds is 12. The first kappa shape index (κ1) is 27.9. The molecule has 3 N–H and O–H groups in total. The number of halogens is 1. The normalized spacial score (nSPS) is 30.1. The fraction of sp³-hybridized carbons (Fsp3) is 0.667. The molecule has 3 saturated heterocycles. The number of alkyl halides is 1. The van der Waals surface area contributed by atoms with Crippen molar-refractivity contribution in [2.45, 2.75) is 81.5 Å². The Bertz CT molecular complexity index is 989. The van der Waals surface area contributed by atoms with Gasteiger partial charge in [-0.3, -0.25) is 14.4 Å². The van der Waals surface area contributed by atoms with Crippen LogP contribution in [0.3, 0.4) is 0 Å². The van der Waals surface area contributed by atoms with Gasteiger partial charge < -0.3 is 30.1 Å². The van der Waals surface area contributed by atoms with Gasteiger partial charge in [-0.25, -0.2) is 0 Å². The van der Waals surface area contributed by atoms with Crippen LogP contribution < -0.4 is 15.4 Å². The molecular formula is C27H38BrN3O6. The van der Waals surface area contributed by atoms with Crippen LogP contribution in [0.5, 0.6) is 5.75 Å². The second-order valence-electron chi connectivity index (χ2n) is 10.4. The molecule has 3 aliphatic heterocycles. The number of amides is 3. The smallest absolute Gasteiger partial charge is 0.246 e. The lowest BCUT2D eigenvalue weighted by Gasteiger charge is -2.34. The SMILES string of the molecule is CCOc1ccc(NC(=O)[C@H]2[C@H]3C(=O)N(CCCCCCO)C(C(=O)NC(C)C)C34CC(Br)[C@@H]2O4)cc1. The van der Waals surface area contributed by atoms with E-state index in [4.69, 9.17) is 14.6 Å². The highest BCUT2D eigenvalue weighted by Gasteiger charge is 2.76. The maximum absolute atomic E-state index is 13.9. The molecule has 204 valence electrons. The minimum atomic E-state index is -1.05. The molecule has 3 unspecified atom stereocenters. The summed E-state index contributed by atoms with van der Waals surface area (Å²) in [6.07, 6.45) is 3.10. The molecule has 4 rings (SSSR count). The van der Waals surface area contributed by atoms with Crippen molar-refractivity contribution in [1.29, 1.82) is 0 Å². The van der Waals surface area contributed by atoms with Gasteiger partial charge in [0.1, 0.15) is 17.4 Å². The molecule has 2 bridgehead atoms. The van der Waals surface area contributed by atoms with Gasteiger partial charge >= 0.3 is 0 Å². The van der Waals surface area contributed by atoms with Crippen LogP contribution in [-0.4, -0.2) is 76.1 Å². The Morgan fingerprint density at radius 1 is 1.19 bits per heavy atom. The molecule has 37 heavy (non-hydrogen) atoms. The first-order valence-corrected chi connectivity index (χ1v) is 14.2. The third-order valence-electron chi connectivity index (χ3n) is 7.51. The average Bonchev–Trinajstić information content (AvgIpc) is 3.43. The van der Waals surface area contributed by atoms with Crippen LogP contribution in [-0.2, 0) is 19.1 Å². The first-order valence-electron chi connectivity index (χ1n) is 13.3. The van der Waals surface area contributed by atoms with Gasteiger partial charge in [-0.15, -0.1) is 0 Å². The molecule has 9 nitrogen and oxygen atoms in total. The number of benzene rings is 1. The van der Waals surface area contributed by atoms with Crippen LogP contribution in [0.25, 0.3) is 0 Å². The molecule has 1 aromatic rings. The summed E-state index contributed by atoms with van der Waals surface area (Å²) in [5.74, 6) is -1.46. The first-order chi connectivity index (χ1) is 17.7. The van der Waals surface area contributed by atoms with Crippen LogP contribution in [0.1, 0.15) is 52.9 Å². The molecule has 1 aromatic carbocycles. The Labute approximate surface area is 226 Å². The Balaban J connectivity index is 1.58. The number of ether oxygens (including phenoxy) is 2. The predicted molar refractivity (Wildman–Crippen MR) is 142 cm³/mol. The molecule has 6 atom stereocenters. The minimum Gasteiger partial charge on any atom is -0.494 e. The lowest BCUT2D eigenvalue weighted by Crippen LogP contribution is -2.56. The molecule has 1 spiro atoms. The van der Waals surface area contributed by atoms with Gasteiger partial charge in [0.05, 0.1) is 24.5 Å². The number of unbranched alkanes of at least 4 members (excludes halogenated alkanes) is 3.